The van der Waals surface area contributed by atoms with Crippen molar-refractivity contribution in [1.82, 2.24) is 14.7 Å². The summed E-state index contributed by atoms with van der Waals surface area (Å²) in [7, 11) is 5.18. The predicted octanol–water partition coefficient (Wildman–Crippen LogP) is 1.71. The third kappa shape index (κ3) is 4.27. The molecular formula is C19H28N4O3. The number of ether oxygens (including phenoxy) is 1. The van der Waals surface area contributed by atoms with Gasteiger partial charge in [-0.05, 0) is 43.0 Å². The van der Waals surface area contributed by atoms with E-state index in [1.165, 1.54) is 0 Å². The highest BCUT2D eigenvalue weighted by atomic mass is 16.5. The van der Waals surface area contributed by atoms with Gasteiger partial charge in [0.15, 0.2) is 0 Å². The second-order valence-corrected chi connectivity index (χ2v) is 7.39. The summed E-state index contributed by atoms with van der Waals surface area (Å²) in [5, 5.41) is 2.99. The summed E-state index contributed by atoms with van der Waals surface area (Å²) in [5.74, 6) is 1.30. The molecule has 142 valence electrons. The van der Waals surface area contributed by atoms with Crippen molar-refractivity contribution < 1.29 is 14.3 Å². The molecule has 7 nitrogen and oxygen atoms in total. The third-order valence-corrected chi connectivity index (χ3v) is 5.25. The number of benzene rings is 1. The molecule has 4 rings (SSSR count). The van der Waals surface area contributed by atoms with Crippen molar-refractivity contribution in [3.05, 3.63) is 24.3 Å². The predicted molar refractivity (Wildman–Crippen MR) is 100 cm³/mol. The van der Waals surface area contributed by atoms with Gasteiger partial charge in [-0.3, -0.25) is 9.69 Å². The Morgan fingerprint density at radius 2 is 1.88 bits per heavy atom. The van der Waals surface area contributed by atoms with Gasteiger partial charge in [0.25, 0.3) is 0 Å². The van der Waals surface area contributed by atoms with E-state index in [0.717, 1.165) is 43.9 Å². The van der Waals surface area contributed by atoms with Gasteiger partial charge in [0.05, 0.1) is 13.7 Å². The van der Waals surface area contributed by atoms with Gasteiger partial charge in [-0.15, -0.1) is 0 Å². The normalized spacial score (nSPS) is 22.7. The number of likely N-dealkylation sites (N-methyl/N-ethyl adjacent to an activating group) is 1. The monoisotopic (exact) mass is 360 g/mol. The zero-order valence-electron chi connectivity index (χ0n) is 15.8. The SMILES string of the molecule is COc1ccc(NC(=O)N2CC3CCC2CN(CC(=O)N(C)C)C3)cc1. The largest absolute Gasteiger partial charge is 0.497 e. The van der Waals surface area contributed by atoms with Crippen LogP contribution in [0.4, 0.5) is 10.5 Å². The van der Waals surface area contributed by atoms with Crippen LogP contribution in [0.25, 0.3) is 0 Å². The van der Waals surface area contributed by atoms with Crippen molar-refractivity contribution in [1.29, 1.82) is 0 Å². The number of rotatable bonds is 4. The van der Waals surface area contributed by atoms with E-state index in [4.69, 9.17) is 4.74 Å². The first-order valence-corrected chi connectivity index (χ1v) is 9.10. The number of carbonyl (C=O) groups is 2. The van der Waals surface area contributed by atoms with Crippen LogP contribution in [0.1, 0.15) is 12.8 Å². The van der Waals surface area contributed by atoms with Crippen molar-refractivity contribution in [3.63, 3.8) is 0 Å². The molecule has 0 aliphatic carbocycles. The van der Waals surface area contributed by atoms with Crippen molar-refractivity contribution in [2.24, 2.45) is 5.92 Å². The van der Waals surface area contributed by atoms with Crippen LogP contribution < -0.4 is 10.1 Å². The van der Waals surface area contributed by atoms with E-state index in [0.29, 0.717) is 12.5 Å². The molecule has 3 amide bonds. The second-order valence-electron chi connectivity index (χ2n) is 7.39. The Kier molecular flexibility index (Phi) is 5.66. The maximum atomic E-state index is 12.8. The Bertz CT molecular complexity index is 647. The molecule has 3 fully saturated rings. The number of anilines is 1. The fourth-order valence-corrected chi connectivity index (χ4v) is 3.76. The molecule has 3 aliphatic rings. The number of carbonyl (C=O) groups excluding carboxylic acids is 2. The lowest BCUT2D eigenvalue weighted by Crippen LogP contribution is -2.49. The Labute approximate surface area is 154 Å². The first kappa shape index (κ1) is 18.5. The summed E-state index contributed by atoms with van der Waals surface area (Å²) >= 11 is 0. The average Bonchev–Trinajstić information content (AvgIpc) is 2.92. The minimum absolute atomic E-state index is 0.0642. The lowest BCUT2D eigenvalue weighted by atomic mass is 9.95. The fourth-order valence-electron chi connectivity index (χ4n) is 3.76. The zero-order chi connectivity index (χ0) is 18.7. The summed E-state index contributed by atoms with van der Waals surface area (Å²) in [5.41, 5.74) is 0.760. The molecule has 3 aliphatic heterocycles. The summed E-state index contributed by atoms with van der Waals surface area (Å²) in [4.78, 5) is 30.6. The van der Waals surface area contributed by atoms with Crippen LogP contribution in [0.15, 0.2) is 24.3 Å². The van der Waals surface area contributed by atoms with Gasteiger partial charge in [-0.25, -0.2) is 4.79 Å². The third-order valence-electron chi connectivity index (χ3n) is 5.25. The van der Waals surface area contributed by atoms with Crippen LogP contribution in [-0.4, -0.2) is 80.1 Å². The molecule has 0 saturated carbocycles. The minimum atomic E-state index is -0.0642. The lowest BCUT2D eigenvalue weighted by Gasteiger charge is -2.36. The summed E-state index contributed by atoms with van der Waals surface area (Å²) in [6.07, 6.45) is 2.11. The Morgan fingerprint density at radius 1 is 1.15 bits per heavy atom. The van der Waals surface area contributed by atoms with Gasteiger partial charge in [0, 0.05) is 45.5 Å². The quantitative estimate of drug-likeness (QED) is 0.888. The Balaban J connectivity index is 1.63. The smallest absolute Gasteiger partial charge is 0.322 e. The first-order valence-electron chi connectivity index (χ1n) is 9.10. The summed E-state index contributed by atoms with van der Waals surface area (Å²) < 4.78 is 5.15. The van der Waals surface area contributed by atoms with Crippen LogP contribution in [0, 0.1) is 5.92 Å². The Hall–Kier alpha value is -2.28. The highest BCUT2D eigenvalue weighted by Crippen LogP contribution is 2.28. The maximum Gasteiger partial charge on any atom is 0.322 e. The fraction of sp³-hybridized carbons (Fsp3) is 0.579. The van der Waals surface area contributed by atoms with Gasteiger partial charge in [0.2, 0.25) is 5.91 Å². The number of methoxy groups -OCH3 is 1. The molecular weight excluding hydrogens is 332 g/mol. The molecule has 3 saturated heterocycles. The van der Waals surface area contributed by atoms with Crippen LogP contribution >= 0.6 is 0 Å². The lowest BCUT2D eigenvalue weighted by molar-refractivity contribution is -0.129. The molecule has 7 heteroatoms. The molecule has 1 N–H and O–H groups in total. The van der Waals surface area contributed by atoms with Gasteiger partial charge in [0.1, 0.15) is 5.75 Å². The van der Waals surface area contributed by atoms with Crippen molar-refractivity contribution in [2.75, 3.05) is 52.7 Å². The molecule has 2 bridgehead atoms. The van der Waals surface area contributed by atoms with E-state index < -0.39 is 0 Å². The van der Waals surface area contributed by atoms with Crippen molar-refractivity contribution in [3.8, 4) is 5.75 Å². The molecule has 0 aromatic heterocycles. The molecule has 2 unspecified atom stereocenters. The van der Waals surface area contributed by atoms with Crippen molar-refractivity contribution in [2.45, 2.75) is 18.9 Å². The maximum absolute atomic E-state index is 12.8. The number of fused-ring (bicyclic) bond motifs is 4. The molecule has 3 heterocycles. The van der Waals surface area contributed by atoms with Gasteiger partial charge in [-0.1, -0.05) is 0 Å². The Morgan fingerprint density at radius 3 is 2.54 bits per heavy atom. The number of hydrogen-bond donors (Lipinski definition) is 1. The highest BCUT2D eigenvalue weighted by Gasteiger charge is 2.37. The number of nitrogens with one attached hydrogen (secondary N) is 1. The molecule has 0 radical (unpaired) electrons. The number of nitrogens with zero attached hydrogens (tertiary/aromatic N) is 3. The average molecular weight is 360 g/mol. The topological polar surface area (TPSA) is 65.1 Å². The number of amides is 3. The van der Waals surface area contributed by atoms with Crippen LogP contribution in [-0.2, 0) is 4.79 Å². The number of piperidine rings is 1. The van der Waals surface area contributed by atoms with E-state index in [1.807, 2.05) is 29.2 Å². The van der Waals surface area contributed by atoms with Crippen molar-refractivity contribution >= 4 is 17.6 Å². The van der Waals surface area contributed by atoms with Crippen LogP contribution in [0.5, 0.6) is 5.75 Å². The minimum Gasteiger partial charge on any atom is -0.497 e. The van der Waals surface area contributed by atoms with E-state index in [2.05, 4.69) is 10.2 Å². The second kappa shape index (κ2) is 7.95. The summed E-state index contributed by atoms with van der Waals surface area (Å²) in [6, 6.07) is 7.44. The molecule has 1 aromatic carbocycles. The standard InChI is InChI=1S/C19H28N4O3/c1-21(2)18(24)13-22-10-14-4-7-16(12-22)23(11-14)19(25)20-15-5-8-17(26-3)9-6-15/h5-6,8-9,14,16H,4,7,10-13H2,1-3H3,(H,20,25). The zero-order valence-corrected chi connectivity index (χ0v) is 15.8. The molecule has 1 aromatic rings. The number of hydrogen-bond acceptors (Lipinski definition) is 4. The van der Waals surface area contributed by atoms with E-state index >= 15 is 0 Å². The van der Waals surface area contributed by atoms with E-state index in [-0.39, 0.29) is 18.0 Å². The summed E-state index contributed by atoms with van der Waals surface area (Å²) in [6.45, 7) is 2.81. The molecule has 26 heavy (non-hydrogen) atoms. The van der Waals surface area contributed by atoms with Crippen LogP contribution in [0.2, 0.25) is 0 Å². The molecule has 2 atom stereocenters. The molecule has 0 spiro atoms. The van der Waals surface area contributed by atoms with Gasteiger partial charge < -0.3 is 19.9 Å². The van der Waals surface area contributed by atoms with Gasteiger partial charge in [-0.2, -0.15) is 0 Å². The first-order chi connectivity index (χ1) is 12.5. The van der Waals surface area contributed by atoms with Gasteiger partial charge >= 0.3 is 6.03 Å². The van der Waals surface area contributed by atoms with E-state index in [1.54, 1.807) is 26.1 Å². The number of urea groups is 1. The van der Waals surface area contributed by atoms with E-state index in [9.17, 15) is 9.59 Å². The highest BCUT2D eigenvalue weighted by molar-refractivity contribution is 5.89. The van der Waals surface area contributed by atoms with Crippen LogP contribution in [0.3, 0.4) is 0 Å².